The Morgan fingerprint density at radius 2 is 2.09 bits per heavy atom. The lowest BCUT2D eigenvalue weighted by atomic mass is 9.90. The Kier molecular flexibility index (Phi) is 3.06. The van der Waals surface area contributed by atoms with Gasteiger partial charge in [0, 0.05) is 13.0 Å². The van der Waals surface area contributed by atoms with Crippen molar-refractivity contribution in [1.29, 1.82) is 0 Å². The van der Waals surface area contributed by atoms with E-state index in [1.807, 2.05) is 0 Å². The van der Waals surface area contributed by atoms with Crippen LogP contribution in [0.25, 0.3) is 0 Å². The Balaban J connectivity index is 2.37. The van der Waals surface area contributed by atoms with E-state index >= 15 is 0 Å². The van der Waals surface area contributed by atoms with Crippen LogP contribution in [0.15, 0.2) is 0 Å². The first-order chi connectivity index (χ1) is 5.24. The lowest BCUT2D eigenvalue weighted by Crippen LogP contribution is -2.14. The van der Waals surface area contributed by atoms with Crippen molar-refractivity contribution in [2.75, 3.05) is 13.2 Å². The van der Waals surface area contributed by atoms with Gasteiger partial charge in [0.05, 0.1) is 6.61 Å². The lowest BCUT2D eigenvalue weighted by Gasteiger charge is -2.12. The second kappa shape index (κ2) is 3.86. The summed E-state index contributed by atoms with van der Waals surface area (Å²) in [7, 11) is 0. The smallest absolute Gasteiger partial charge is 0.130 e. The van der Waals surface area contributed by atoms with Gasteiger partial charge in [-0.2, -0.15) is 0 Å². The number of Topliss-reactive ketones (excluding diaryl/α,β-unsaturated/α-hetero) is 1. The minimum atomic E-state index is 0.291. The van der Waals surface area contributed by atoms with E-state index in [-0.39, 0.29) is 0 Å². The van der Waals surface area contributed by atoms with Gasteiger partial charge in [-0.3, -0.25) is 0 Å². The maximum atomic E-state index is 10.8. The minimum Gasteiger partial charge on any atom is -0.381 e. The van der Waals surface area contributed by atoms with Gasteiger partial charge in [-0.05, 0) is 18.8 Å². The Bertz CT molecular complexity index is 142. The van der Waals surface area contributed by atoms with Crippen LogP contribution in [0.5, 0.6) is 0 Å². The van der Waals surface area contributed by atoms with Crippen molar-refractivity contribution in [3.63, 3.8) is 0 Å². The zero-order chi connectivity index (χ0) is 8.27. The Labute approximate surface area is 67.9 Å². The second-order valence-electron chi connectivity index (χ2n) is 3.37. The molecular formula is C9H16O2. The van der Waals surface area contributed by atoms with Gasteiger partial charge in [0.2, 0.25) is 0 Å². The molecule has 2 heteroatoms. The zero-order valence-electron chi connectivity index (χ0n) is 7.30. The summed E-state index contributed by atoms with van der Waals surface area (Å²) in [5.74, 6) is 1.41. The van der Waals surface area contributed by atoms with Crippen LogP contribution in [-0.2, 0) is 9.53 Å². The van der Waals surface area contributed by atoms with Crippen LogP contribution >= 0.6 is 0 Å². The first-order valence-corrected chi connectivity index (χ1v) is 4.31. The van der Waals surface area contributed by atoms with Gasteiger partial charge in [0.25, 0.3) is 0 Å². The standard InChI is InChI=1S/C9H16O2/c1-3-8-5-11-6-9(8)4-7(2)10/h8-9H,3-6H2,1-2H3. The van der Waals surface area contributed by atoms with E-state index in [9.17, 15) is 4.79 Å². The quantitative estimate of drug-likeness (QED) is 0.621. The van der Waals surface area contributed by atoms with Gasteiger partial charge in [0.1, 0.15) is 5.78 Å². The van der Waals surface area contributed by atoms with E-state index in [4.69, 9.17) is 4.74 Å². The predicted octanol–water partition coefficient (Wildman–Crippen LogP) is 1.64. The first kappa shape index (κ1) is 8.72. The average molecular weight is 156 g/mol. The van der Waals surface area contributed by atoms with Crippen molar-refractivity contribution >= 4 is 5.78 Å². The van der Waals surface area contributed by atoms with Crippen LogP contribution in [-0.4, -0.2) is 19.0 Å². The number of ketones is 1. The monoisotopic (exact) mass is 156 g/mol. The maximum Gasteiger partial charge on any atom is 0.130 e. The molecule has 2 atom stereocenters. The number of ether oxygens (including phenoxy) is 1. The minimum absolute atomic E-state index is 0.291. The molecule has 2 unspecified atom stereocenters. The van der Waals surface area contributed by atoms with Crippen molar-refractivity contribution < 1.29 is 9.53 Å². The van der Waals surface area contributed by atoms with E-state index in [0.717, 1.165) is 19.6 Å². The third-order valence-electron chi connectivity index (χ3n) is 2.40. The molecule has 1 rings (SSSR count). The summed E-state index contributed by atoms with van der Waals surface area (Å²) in [6.07, 6.45) is 1.84. The molecule has 1 saturated heterocycles. The van der Waals surface area contributed by atoms with E-state index in [2.05, 4.69) is 6.92 Å². The molecule has 0 N–H and O–H groups in total. The number of carbonyl (C=O) groups excluding carboxylic acids is 1. The predicted molar refractivity (Wildman–Crippen MR) is 43.4 cm³/mol. The molecule has 0 spiro atoms. The van der Waals surface area contributed by atoms with E-state index in [0.29, 0.717) is 24.0 Å². The maximum absolute atomic E-state index is 10.8. The first-order valence-electron chi connectivity index (χ1n) is 4.31. The average Bonchev–Trinajstić information content (AvgIpc) is 2.34. The molecule has 0 amide bonds. The largest absolute Gasteiger partial charge is 0.381 e. The molecule has 0 aromatic carbocycles. The summed E-state index contributed by atoms with van der Waals surface area (Å²) in [5.41, 5.74) is 0. The topological polar surface area (TPSA) is 26.3 Å². The fourth-order valence-corrected chi connectivity index (χ4v) is 1.69. The van der Waals surface area contributed by atoms with Gasteiger partial charge in [-0.1, -0.05) is 13.3 Å². The van der Waals surface area contributed by atoms with Crippen LogP contribution in [0.2, 0.25) is 0 Å². The molecule has 0 aromatic heterocycles. The van der Waals surface area contributed by atoms with Crippen LogP contribution in [0.3, 0.4) is 0 Å². The molecule has 2 nitrogen and oxygen atoms in total. The SMILES string of the molecule is CCC1COCC1CC(C)=O. The molecule has 0 aliphatic carbocycles. The summed E-state index contributed by atoms with van der Waals surface area (Å²) < 4.78 is 5.31. The van der Waals surface area contributed by atoms with Crippen LogP contribution < -0.4 is 0 Å². The van der Waals surface area contributed by atoms with Gasteiger partial charge < -0.3 is 9.53 Å². The van der Waals surface area contributed by atoms with Crippen LogP contribution in [0, 0.1) is 11.8 Å². The summed E-state index contributed by atoms with van der Waals surface area (Å²) in [6, 6.07) is 0. The van der Waals surface area contributed by atoms with E-state index in [1.165, 1.54) is 0 Å². The molecule has 0 saturated carbocycles. The molecular weight excluding hydrogens is 140 g/mol. The molecule has 1 aliphatic heterocycles. The highest BCUT2D eigenvalue weighted by Crippen LogP contribution is 2.26. The molecule has 1 fully saturated rings. The number of rotatable bonds is 3. The Morgan fingerprint density at radius 3 is 2.64 bits per heavy atom. The molecule has 11 heavy (non-hydrogen) atoms. The Hall–Kier alpha value is -0.370. The van der Waals surface area contributed by atoms with Crippen molar-refractivity contribution in [2.24, 2.45) is 11.8 Å². The van der Waals surface area contributed by atoms with E-state index in [1.54, 1.807) is 6.92 Å². The van der Waals surface area contributed by atoms with Gasteiger partial charge in [-0.25, -0.2) is 0 Å². The third kappa shape index (κ3) is 2.29. The molecule has 0 aromatic rings. The van der Waals surface area contributed by atoms with E-state index < -0.39 is 0 Å². The highest BCUT2D eigenvalue weighted by atomic mass is 16.5. The summed E-state index contributed by atoms with van der Waals surface area (Å²) in [4.78, 5) is 10.8. The molecule has 0 bridgehead atoms. The highest BCUT2D eigenvalue weighted by Gasteiger charge is 2.27. The van der Waals surface area contributed by atoms with Crippen LogP contribution in [0.1, 0.15) is 26.7 Å². The third-order valence-corrected chi connectivity index (χ3v) is 2.40. The molecule has 1 heterocycles. The van der Waals surface area contributed by atoms with Crippen molar-refractivity contribution in [3.8, 4) is 0 Å². The summed E-state index contributed by atoms with van der Waals surface area (Å²) >= 11 is 0. The molecule has 0 radical (unpaired) electrons. The van der Waals surface area contributed by atoms with Gasteiger partial charge in [-0.15, -0.1) is 0 Å². The van der Waals surface area contributed by atoms with Crippen molar-refractivity contribution in [3.05, 3.63) is 0 Å². The number of hydrogen-bond acceptors (Lipinski definition) is 2. The fourth-order valence-electron chi connectivity index (χ4n) is 1.69. The second-order valence-corrected chi connectivity index (χ2v) is 3.37. The van der Waals surface area contributed by atoms with Gasteiger partial charge >= 0.3 is 0 Å². The van der Waals surface area contributed by atoms with Gasteiger partial charge in [0.15, 0.2) is 0 Å². The summed E-state index contributed by atoms with van der Waals surface area (Å²) in [5, 5.41) is 0. The Morgan fingerprint density at radius 1 is 1.45 bits per heavy atom. The van der Waals surface area contributed by atoms with Crippen LogP contribution in [0.4, 0.5) is 0 Å². The summed E-state index contributed by atoms with van der Waals surface area (Å²) in [6.45, 7) is 5.46. The zero-order valence-corrected chi connectivity index (χ0v) is 7.30. The number of hydrogen-bond donors (Lipinski definition) is 0. The normalized spacial score (nSPS) is 30.7. The van der Waals surface area contributed by atoms with Crippen molar-refractivity contribution in [2.45, 2.75) is 26.7 Å². The van der Waals surface area contributed by atoms with Crippen molar-refractivity contribution in [1.82, 2.24) is 0 Å². The molecule has 64 valence electrons. The number of carbonyl (C=O) groups is 1. The highest BCUT2D eigenvalue weighted by molar-refractivity contribution is 5.75. The lowest BCUT2D eigenvalue weighted by molar-refractivity contribution is -0.118. The molecule has 1 aliphatic rings. The fraction of sp³-hybridized carbons (Fsp3) is 0.889.